The molecule has 3 aromatic rings. The van der Waals surface area contributed by atoms with E-state index in [1.165, 1.54) is 6.92 Å². The summed E-state index contributed by atoms with van der Waals surface area (Å²) in [6.45, 7) is 1.01. The molecule has 2 aromatic carbocycles. The van der Waals surface area contributed by atoms with Crippen LogP contribution in [0.3, 0.4) is 0 Å². The van der Waals surface area contributed by atoms with Crippen LogP contribution >= 0.6 is 0 Å². The van der Waals surface area contributed by atoms with E-state index >= 15 is 0 Å². The topological polar surface area (TPSA) is 96.4 Å². The molecule has 0 radical (unpaired) electrons. The molecule has 3 rings (SSSR count). The highest BCUT2D eigenvalue weighted by atomic mass is 32.2. The average molecular weight is 397 g/mol. The Hall–Kier alpha value is -3.26. The lowest BCUT2D eigenvalue weighted by Crippen LogP contribution is -2.37. The number of ketones is 1. The summed E-state index contributed by atoms with van der Waals surface area (Å²) in [5.41, 5.74) is 1.69. The molecular formula is C20H19N3O4S. The zero-order valence-corrected chi connectivity index (χ0v) is 16.2. The molecule has 0 aliphatic heterocycles. The van der Waals surface area contributed by atoms with E-state index in [1.807, 2.05) is 12.1 Å². The molecule has 0 atom stereocenters. The van der Waals surface area contributed by atoms with Gasteiger partial charge in [-0.25, -0.2) is 8.42 Å². The number of carbonyl (C=O) groups excluding carboxylic acids is 2. The summed E-state index contributed by atoms with van der Waals surface area (Å²) < 4.78 is 25.8. The minimum absolute atomic E-state index is 0.129. The molecule has 0 aliphatic rings. The highest BCUT2D eigenvalue weighted by Gasteiger charge is 2.23. The van der Waals surface area contributed by atoms with E-state index in [2.05, 4.69) is 10.3 Å². The lowest BCUT2D eigenvalue weighted by atomic mass is 10.1. The van der Waals surface area contributed by atoms with Gasteiger partial charge in [0.05, 0.1) is 17.5 Å². The van der Waals surface area contributed by atoms with Gasteiger partial charge in [0.1, 0.15) is 6.54 Å². The number of nitrogens with one attached hydrogen (secondary N) is 1. The first kappa shape index (κ1) is 19.5. The summed E-state index contributed by atoms with van der Waals surface area (Å²) in [5.74, 6) is -0.658. The quantitative estimate of drug-likeness (QED) is 0.645. The van der Waals surface area contributed by atoms with Crippen LogP contribution in [0.15, 0.2) is 60.8 Å². The number of rotatable bonds is 6. The molecule has 1 aromatic heterocycles. The average Bonchev–Trinajstić information content (AvgIpc) is 2.65. The van der Waals surface area contributed by atoms with Crippen LogP contribution in [0.4, 0.5) is 11.4 Å². The third-order valence-electron chi connectivity index (χ3n) is 4.12. The number of hydrogen-bond acceptors (Lipinski definition) is 5. The van der Waals surface area contributed by atoms with Crippen molar-refractivity contribution in [1.29, 1.82) is 0 Å². The third-order valence-corrected chi connectivity index (χ3v) is 5.25. The predicted octanol–water partition coefficient (Wildman–Crippen LogP) is 2.84. The van der Waals surface area contributed by atoms with Gasteiger partial charge >= 0.3 is 0 Å². The minimum atomic E-state index is -3.74. The molecule has 0 fully saturated rings. The van der Waals surface area contributed by atoms with Gasteiger partial charge in [0, 0.05) is 22.8 Å². The zero-order chi connectivity index (χ0) is 20.3. The van der Waals surface area contributed by atoms with Crippen molar-refractivity contribution in [1.82, 2.24) is 4.98 Å². The molecule has 0 bridgehead atoms. The summed E-state index contributed by atoms with van der Waals surface area (Å²) in [6.07, 6.45) is 2.61. The van der Waals surface area contributed by atoms with Crippen molar-refractivity contribution >= 4 is 44.0 Å². The third kappa shape index (κ3) is 4.34. The fraction of sp³-hybridized carbons (Fsp3) is 0.150. The van der Waals surface area contributed by atoms with Crippen LogP contribution in [-0.2, 0) is 14.8 Å². The molecule has 28 heavy (non-hydrogen) atoms. The number of aromatic nitrogens is 1. The summed E-state index contributed by atoms with van der Waals surface area (Å²) in [5, 5.41) is 3.41. The second-order valence-corrected chi connectivity index (χ2v) is 8.21. The summed E-state index contributed by atoms with van der Waals surface area (Å²) in [6, 6.07) is 15.2. The van der Waals surface area contributed by atoms with Crippen molar-refractivity contribution in [3.63, 3.8) is 0 Å². The van der Waals surface area contributed by atoms with Crippen LogP contribution in [-0.4, -0.2) is 37.9 Å². The standard InChI is InChI=1S/C20H19N3O4S/c1-14(24)16-7-3-9-17(12-16)22-19(25)13-23(28(2,26)27)18-10-4-6-15-8-5-11-21-20(15)18/h3-12H,13H2,1-2H3,(H,22,25). The van der Waals surface area contributed by atoms with Crippen LogP contribution < -0.4 is 9.62 Å². The van der Waals surface area contributed by atoms with Gasteiger partial charge in [0.25, 0.3) is 0 Å². The van der Waals surface area contributed by atoms with Gasteiger partial charge in [-0.1, -0.05) is 30.3 Å². The molecule has 1 heterocycles. The molecular weight excluding hydrogens is 378 g/mol. The van der Waals surface area contributed by atoms with Crippen molar-refractivity contribution in [2.45, 2.75) is 6.92 Å². The molecule has 7 nitrogen and oxygen atoms in total. The molecule has 0 aliphatic carbocycles. The SMILES string of the molecule is CC(=O)c1cccc(NC(=O)CN(c2cccc3cccnc23)S(C)(=O)=O)c1. The van der Waals surface area contributed by atoms with Gasteiger partial charge in [0.15, 0.2) is 5.78 Å². The van der Waals surface area contributed by atoms with E-state index in [0.717, 1.165) is 15.9 Å². The number of benzene rings is 2. The number of pyridine rings is 1. The molecule has 8 heteroatoms. The number of hydrogen-bond donors (Lipinski definition) is 1. The summed E-state index contributed by atoms with van der Waals surface area (Å²) in [7, 11) is -3.74. The van der Waals surface area contributed by atoms with Crippen molar-refractivity contribution in [2.24, 2.45) is 0 Å². The zero-order valence-electron chi connectivity index (χ0n) is 15.4. The Labute approximate surface area is 163 Å². The number of nitrogens with zero attached hydrogens (tertiary/aromatic N) is 2. The molecule has 0 saturated carbocycles. The van der Waals surface area contributed by atoms with Crippen LogP contribution in [0.2, 0.25) is 0 Å². The molecule has 144 valence electrons. The van der Waals surface area contributed by atoms with Crippen LogP contribution in [0.5, 0.6) is 0 Å². The maximum atomic E-state index is 12.5. The molecule has 0 spiro atoms. The number of anilines is 2. The Balaban J connectivity index is 1.91. The van der Waals surface area contributed by atoms with Crippen molar-refractivity contribution in [3.05, 3.63) is 66.4 Å². The maximum Gasteiger partial charge on any atom is 0.245 e. The van der Waals surface area contributed by atoms with Gasteiger partial charge in [-0.3, -0.25) is 18.9 Å². The van der Waals surface area contributed by atoms with Gasteiger partial charge in [0.2, 0.25) is 15.9 Å². The lowest BCUT2D eigenvalue weighted by Gasteiger charge is -2.23. The largest absolute Gasteiger partial charge is 0.324 e. The number of sulfonamides is 1. The number of carbonyl (C=O) groups is 2. The Kier molecular flexibility index (Phi) is 5.41. The number of para-hydroxylation sites is 1. The van der Waals surface area contributed by atoms with E-state index in [-0.39, 0.29) is 5.78 Å². The number of amides is 1. The van der Waals surface area contributed by atoms with E-state index in [1.54, 1.807) is 48.7 Å². The summed E-state index contributed by atoms with van der Waals surface area (Å²) in [4.78, 5) is 28.3. The first-order chi connectivity index (χ1) is 13.3. The van der Waals surface area contributed by atoms with E-state index in [9.17, 15) is 18.0 Å². The van der Waals surface area contributed by atoms with E-state index in [0.29, 0.717) is 22.5 Å². The van der Waals surface area contributed by atoms with Crippen LogP contribution in [0, 0.1) is 0 Å². The fourth-order valence-electron chi connectivity index (χ4n) is 2.82. The Bertz CT molecular complexity index is 1150. The monoisotopic (exact) mass is 397 g/mol. The highest BCUT2D eigenvalue weighted by Crippen LogP contribution is 2.26. The summed E-state index contributed by atoms with van der Waals surface area (Å²) >= 11 is 0. The number of Topliss-reactive ketones (excluding diaryl/α,β-unsaturated/α-hetero) is 1. The second kappa shape index (κ2) is 7.77. The fourth-order valence-corrected chi connectivity index (χ4v) is 3.67. The first-order valence-corrected chi connectivity index (χ1v) is 10.3. The predicted molar refractivity (Wildman–Crippen MR) is 109 cm³/mol. The Morgan fingerprint density at radius 2 is 1.79 bits per heavy atom. The van der Waals surface area contributed by atoms with Gasteiger partial charge in [-0.2, -0.15) is 0 Å². The van der Waals surface area contributed by atoms with Gasteiger partial charge < -0.3 is 5.32 Å². The Morgan fingerprint density at radius 1 is 1.07 bits per heavy atom. The van der Waals surface area contributed by atoms with Gasteiger partial charge in [-0.15, -0.1) is 0 Å². The minimum Gasteiger partial charge on any atom is -0.324 e. The first-order valence-electron chi connectivity index (χ1n) is 8.48. The molecule has 1 amide bonds. The lowest BCUT2D eigenvalue weighted by molar-refractivity contribution is -0.114. The number of fused-ring (bicyclic) bond motifs is 1. The van der Waals surface area contributed by atoms with E-state index < -0.39 is 22.5 Å². The van der Waals surface area contributed by atoms with Crippen LogP contribution in [0.25, 0.3) is 10.9 Å². The van der Waals surface area contributed by atoms with Crippen molar-refractivity contribution < 1.29 is 18.0 Å². The molecule has 0 unspecified atom stereocenters. The molecule has 0 saturated heterocycles. The van der Waals surface area contributed by atoms with E-state index in [4.69, 9.17) is 0 Å². The second-order valence-electron chi connectivity index (χ2n) is 6.31. The maximum absolute atomic E-state index is 12.5. The van der Waals surface area contributed by atoms with Gasteiger partial charge in [-0.05, 0) is 31.2 Å². The van der Waals surface area contributed by atoms with Crippen LogP contribution in [0.1, 0.15) is 17.3 Å². The highest BCUT2D eigenvalue weighted by molar-refractivity contribution is 7.92. The van der Waals surface area contributed by atoms with Crippen molar-refractivity contribution in [2.75, 3.05) is 22.4 Å². The Morgan fingerprint density at radius 3 is 2.50 bits per heavy atom. The molecule has 1 N–H and O–H groups in total. The smallest absolute Gasteiger partial charge is 0.245 e. The van der Waals surface area contributed by atoms with Crippen molar-refractivity contribution in [3.8, 4) is 0 Å². The normalized spacial score (nSPS) is 11.2.